The highest BCUT2D eigenvalue weighted by molar-refractivity contribution is 14.1. The lowest BCUT2D eigenvalue weighted by molar-refractivity contribution is -0.0506. The van der Waals surface area contributed by atoms with Gasteiger partial charge < -0.3 is 10.5 Å². The van der Waals surface area contributed by atoms with Crippen molar-refractivity contribution in [2.24, 2.45) is 0 Å². The van der Waals surface area contributed by atoms with Gasteiger partial charge in [-0.05, 0) is 35.6 Å². The van der Waals surface area contributed by atoms with Crippen molar-refractivity contribution < 1.29 is 13.5 Å². The van der Waals surface area contributed by atoms with Crippen molar-refractivity contribution >= 4 is 28.4 Å². The third-order valence-electron chi connectivity index (χ3n) is 2.74. The summed E-state index contributed by atoms with van der Waals surface area (Å²) in [7, 11) is 0. The molecule has 1 heterocycles. The van der Waals surface area contributed by atoms with Crippen molar-refractivity contribution in [2.75, 3.05) is 5.73 Å². The number of para-hydroxylation sites is 1. The summed E-state index contributed by atoms with van der Waals surface area (Å²) in [6, 6.07) is 6.33. The van der Waals surface area contributed by atoms with E-state index in [0.29, 0.717) is 11.4 Å². The number of nitrogens with two attached hydrogens (primary N) is 1. The van der Waals surface area contributed by atoms with Gasteiger partial charge in [0.15, 0.2) is 0 Å². The van der Waals surface area contributed by atoms with E-state index in [4.69, 9.17) is 5.73 Å². The number of benzene rings is 1. The van der Waals surface area contributed by atoms with Crippen molar-refractivity contribution in [3.05, 3.63) is 39.6 Å². The maximum Gasteiger partial charge on any atom is 0.387 e. The van der Waals surface area contributed by atoms with E-state index in [9.17, 15) is 8.78 Å². The van der Waals surface area contributed by atoms with Gasteiger partial charge in [-0.3, -0.25) is 0 Å². The topological polar surface area (TPSA) is 53.1 Å². The van der Waals surface area contributed by atoms with Crippen LogP contribution in [0.5, 0.6) is 5.75 Å². The average molecular weight is 379 g/mol. The fraction of sp³-hybridized carbons (Fsp3) is 0.250. The van der Waals surface area contributed by atoms with E-state index in [-0.39, 0.29) is 11.8 Å². The summed E-state index contributed by atoms with van der Waals surface area (Å²) in [6.45, 7) is -1.03. The van der Waals surface area contributed by atoms with Crippen molar-refractivity contribution in [1.82, 2.24) is 9.78 Å². The van der Waals surface area contributed by atoms with Crippen molar-refractivity contribution in [3.63, 3.8) is 0 Å². The molecule has 1 atom stereocenters. The van der Waals surface area contributed by atoms with Crippen LogP contribution in [0.15, 0.2) is 30.5 Å². The van der Waals surface area contributed by atoms with E-state index >= 15 is 0 Å². The molecule has 0 amide bonds. The van der Waals surface area contributed by atoms with Gasteiger partial charge in [0.1, 0.15) is 11.6 Å². The molecule has 0 aliphatic rings. The molecule has 0 fully saturated rings. The van der Waals surface area contributed by atoms with Gasteiger partial charge in [-0.2, -0.15) is 13.9 Å². The number of ether oxygens (including phenoxy) is 1. The summed E-state index contributed by atoms with van der Waals surface area (Å²) < 4.78 is 31.7. The molecular formula is C12H12F2IN3O. The predicted molar refractivity (Wildman–Crippen MR) is 76.2 cm³/mol. The van der Waals surface area contributed by atoms with Crippen LogP contribution in [0.3, 0.4) is 0 Å². The fourth-order valence-electron chi connectivity index (χ4n) is 1.82. The minimum Gasteiger partial charge on any atom is -0.434 e. The van der Waals surface area contributed by atoms with Crippen LogP contribution < -0.4 is 10.5 Å². The van der Waals surface area contributed by atoms with Crippen molar-refractivity contribution in [3.8, 4) is 5.75 Å². The highest BCUT2D eigenvalue weighted by Crippen LogP contribution is 2.30. The predicted octanol–water partition coefficient (Wildman–Crippen LogP) is 3.28. The third kappa shape index (κ3) is 2.96. The lowest BCUT2D eigenvalue weighted by Gasteiger charge is -2.18. The van der Waals surface area contributed by atoms with E-state index in [1.165, 1.54) is 6.07 Å². The maximum atomic E-state index is 12.4. The van der Waals surface area contributed by atoms with Crippen molar-refractivity contribution in [1.29, 1.82) is 0 Å². The summed E-state index contributed by atoms with van der Waals surface area (Å²) in [5.41, 5.74) is 6.50. The zero-order valence-corrected chi connectivity index (χ0v) is 12.2. The summed E-state index contributed by atoms with van der Waals surface area (Å²) in [5.74, 6) is 0.634. The maximum absolute atomic E-state index is 12.4. The number of hydrogen-bond donors (Lipinski definition) is 1. The third-order valence-corrected chi connectivity index (χ3v) is 3.57. The van der Waals surface area contributed by atoms with E-state index in [2.05, 4.69) is 32.4 Å². The molecule has 0 radical (unpaired) electrons. The van der Waals surface area contributed by atoms with Crippen LogP contribution in [0, 0.1) is 3.57 Å². The Morgan fingerprint density at radius 3 is 2.63 bits per heavy atom. The molecule has 0 bridgehead atoms. The molecule has 0 aliphatic carbocycles. The van der Waals surface area contributed by atoms with E-state index in [1.54, 1.807) is 29.1 Å². The van der Waals surface area contributed by atoms with E-state index < -0.39 is 6.61 Å². The van der Waals surface area contributed by atoms with Crippen LogP contribution in [-0.4, -0.2) is 16.4 Å². The molecule has 1 unspecified atom stereocenters. The molecule has 0 saturated heterocycles. The number of aromatic nitrogens is 2. The standard InChI is InChI=1S/C12H12F2IN3O/c1-7(18-11(16)9(15)6-17-18)8-4-2-3-5-10(8)19-12(13)14/h2-7,12H,16H2,1H3. The molecule has 7 heteroatoms. The molecule has 2 rings (SSSR count). The van der Waals surface area contributed by atoms with Crippen LogP contribution in [0.25, 0.3) is 0 Å². The molecule has 4 nitrogen and oxygen atoms in total. The quantitative estimate of drug-likeness (QED) is 0.830. The highest BCUT2D eigenvalue weighted by Gasteiger charge is 2.18. The molecule has 1 aromatic heterocycles. The Balaban J connectivity index is 2.38. The Morgan fingerprint density at radius 1 is 1.37 bits per heavy atom. The molecule has 1 aromatic carbocycles. The number of nitrogens with zero attached hydrogens (tertiary/aromatic N) is 2. The van der Waals surface area contributed by atoms with Gasteiger partial charge in [0.25, 0.3) is 0 Å². The molecule has 2 N–H and O–H groups in total. The molecule has 19 heavy (non-hydrogen) atoms. The highest BCUT2D eigenvalue weighted by atomic mass is 127. The molecule has 0 saturated carbocycles. The minimum absolute atomic E-state index is 0.134. The number of anilines is 1. The van der Waals surface area contributed by atoms with Gasteiger partial charge in [-0.25, -0.2) is 4.68 Å². The molecule has 0 aliphatic heterocycles. The average Bonchev–Trinajstić information content (AvgIpc) is 2.69. The SMILES string of the molecule is CC(c1ccccc1OC(F)F)n1ncc(I)c1N. The largest absolute Gasteiger partial charge is 0.434 e. The van der Waals surface area contributed by atoms with Crippen molar-refractivity contribution in [2.45, 2.75) is 19.6 Å². The Kier molecular flexibility index (Phi) is 4.23. The van der Waals surface area contributed by atoms with E-state index in [0.717, 1.165) is 3.57 Å². The zero-order valence-electron chi connectivity index (χ0n) is 10.1. The number of rotatable bonds is 4. The van der Waals surface area contributed by atoms with Gasteiger partial charge in [0.2, 0.25) is 0 Å². The van der Waals surface area contributed by atoms with Gasteiger partial charge in [-0.15, -0.1) is 0 Å². The molecular weight excluding hydrogens is 367 g/mol. The number of hydrogen-bond acceptors (Lipinski definition) is 3. The van der Waals surface area contributed by atoms with Gasteiger partial charge in [-0.1, -0.05) is 18.2 Å². The van der Waals surface area contributed by atoms with Crippen LogP contribution >= 0.6 is 22.6 Å². The molecule has 0 spiro atoms. The van der Waals surface area contributed by atoms with Crippen LogP contribution in [0.1, 0.15) is 18.5 Å². The normalized spacial score (nSPS) is 12.7. The summed E-state index contributed by atoms with van der Waals surface area (Å²) in [5, 5.41) is 4.15. The minimum atomic E-state index is -2.86. The Bertz CT molecular complexity index is 574. The molecule has 102 valence electrons. The van der Waals surface area contributed by atoms with Crippen LogP contribution in [0.2, 0.25) is 0 Å². The number of halogens is 3. The fourth-order valence-corrected chi connectivity index (χ4v) is 2.19. The van der Waals surface area contributed by atoms with Crippen LogP contribution in [0.4, 0.5) is 14.6 Å². The van der Waals surface area contributed by atoms with E-state index in [1.807, 2.05) is 6.92 Å². The lowest BCUT2D eigenvalue weighted by Crippen LogP contribution is -2.14. The first-order chi connectivity index (χ1) is 9.00. The van der Waals surface area contributed by atoms with Crippen LogP contribution in [-0.2, 0) is 0 Å². The summed E-state index contributed by atoms with van der Waals surface area (Å²) in [6.07, 6.45) is 1.63. The zero-order chi connectivity index (χ0) is 14.0. The first-order valence-corrected chi connectivity index (χ1v) is 6.60. The Labute approximate surface area is 122 Å². The smallest absolute Gasteiger partial charge is 0.387 e. The Morgan fingerprint density at radius 2 is 2.05 bits per heavy atom. The molecule has 2 aromatic rings. The first kappa shape index (κ1) is 14.0. The number of alkyl halides is 2. The second-order valence-corrected chi connectivity index (χ2v) is 5.08. The summed E-state index contributed by atoms with van der Waals surface area (Å²) in [4.78, 5) is 0. The van der Waals surface area contributed by atoms with Gasteiger partial charge >= 0.3 is 6.61 Å². The Hall–Kier alpha value is -1.38. The lowest BCUT2D eigenvalue weighted by atomic mass is 10.1. The van der Waals surface area contributed by atoms with Gasteiger partial charge in [0, 0.05) is 5.56 Å². The first-order valence-electron chi connectivity index (χ1n) is 5.53. The second-order valence-electron chi connectivity index (χ2n) is 3.91. The summed E-state index contributed by atoms with van der Waals surface area (Å²) >= 11 is 2.07. The number of nitrogen functional groups attached to an aromatic ring is 1. The second kappa shape index (κ2) is 5.72. The monoisotopic (exact) mass is 379 g/mol. The van der Waals surface area contributed by atoms with Gasteiger partial charge in [0.05, 0.1) is 15.8 Å².